The zero-order valence-electron chi connectivity index (χ0n) is 17.2. The van der Waals surface area contributed by atoms with Gasteiger partial charge in [0.1, 0.15) is 11.5 Å². The topological polar surface area (TPSA) is 84.9 Å². The Morgan fingerprint density at radius 3 is 2.14 bits per heavy atom. The average Bonchev–Trinajstić information content (AvgIpc) is 2.70. The van der Waals surface area contributed by atoms with E-state index in [4.69, 9.17) is 9.47 Å². The van der Waals surface area contributed by atoms with Crippen molar-refractivity contribution in [2.24, 2.45) is 0 Å². The van der Waals surface area contributed by atoms with Gasteiger partial charge in [0, 0.05) is 13.6 Å². The van der Waals surface area contributed by atoms with Gasteiger partial charge >= 0.3 is 0 Å². The van der Waals surface area contributed by atoms with Crippen LogP contribution in [0.2, 0.25) is 0 Å². The maximum absolute atomic E-state index is 12.5. The van der Waals surface area contributed by atoms with E-state index in [0.29, 0.717) is 31.0 Å². The molecule has 0 saturated heterocycles. The number of nitrogens with zero attached hydrogens (tertiary/aromatic N) is 1. The molecule has 2 rings (SSSR count). The number of carbonyl (C=O) groups is 1. The predicted octanol–water partition coefficient (Wildman–Crippen LogP) is 2.95. The summed E-state index contributed by atoms with van der Waals surface area (Å²) in [6.45, 7) is 4.80. The quantitative estimate of drug-likeness (QED) is 0.639. The first-order chi connectivity index (χ1) is 13.7. The van der Waals surface area contributed by atoms with Crippen LogP contribution in [-0.2, 0) is 21.4 Å². The van der Waals surface area contributed by atoms with Crippen LogP contribution in [-0.4, -0.2) is 40.3 Å². The first-order valence-corrected chi connectivity index (χ1v) is 11.3. The van der Waals surface area contributed by atoms with Gasteiger partial charge in [-0.05, 0) is 55.3 Å². The van der Waals surface area contributed by atoms with Gasteiger partial charge in [-0.3, -0.25) is 9.10 Å². The first kappa shape index (κ1) is 22.5. The van der Waals surface area contributed by atoms with Crippen molar-refractivity contribution in [2.45, 2.75) is 32.9 Å². The number of hydrogen-bond acceptors (Lipinski definition) is 5. The second kappa shape index (κ2) is 10.2. The summed E-state index contributed by atoms with van der Waals surface area (Å²) >= 11 is 0. The number of carbonyl (C=O) groups excluding carboxylic acids is 1. The smallest absolute Gasteiger partial charge is 0.261 e. The van der Waals surface area contributed by atoms with E-state index in [1.54, 1.807) is 24.3 Å². The molecule has 2 aromatic carbocycles. The van der Waals surface area contributed by atoms with Crippen LogP contribution in [0.25, 0.3) is 0 Å². The van der Waals surface area contributed by atoms with E-state index in [1.165, 1.54) is 11.4 Å². The minimum absolute atomic E-state index is 0.210. The largest absolute Gasteiger partial charge is 0.494 e. The Bertz CT molecular complexity index is 896. The van der Waals surface area contributed by atoms with Crippen molar-refractivity contribution in [3.8, 4) is 11.5 Å². The molecule has 0 radical (unpaired) electrons. The van der Waals surface area contributed by atoms with Crippen LogP contribution in [0.4, 0.5) is 5.69 Å². The van der Waals surface area contributed by atoms with E-state index in [9.17, 15) is 13.2 Å². The maximum atomic E-state index is 12.5. The van der Waals surface area contributed by atoms with Crippen molar-refractivity contribution < 1.29 is 22.7 Å². The zero-order valence-corrected chi connectivity index (χ0v) is 18.0. The number of benzene rings is 2. The van der Waals surface area contributed by atoms with E-state index in [1.807, 2.05) is 38.1 Å². The molecule has 0 aromatic heterocycles. The summed E-state index contributed by atoms with van der Waals surface area (Å²) in [5.41, 5.74) is 1.48. The molecule has 2 aromatic rings. The molecule has 0 fully saturated rings. The number of nitrogens with one attached hydrogen (secondary N) is 1. The van der Waals surface area contributed by atoms with Crippen LogP contribution in [0.3, 0.4) is 0 Å². The highest BCUT2D eigenvalue weighted by Gasteiger charge is 2.18. The van der Waals surface area contributed by atoms with Crippen LogP contribution < -0.4 is 19.1 Å². The second-order valence-corrected chi connectivity index (χ2v) is 8.55. The molecule has 1 N–H and O–H groups in total. The molecule has 0 saturated carbocycles. The van der Waals surface area contributed by atoms with Gasteiger partial charge in [-0.25, -0.2) is 8.42 Å². The Morgan fingerprint density at radius 1 is 1.03 bits per heavy atom. The van der Waals surface area contributed by atoms with Gasteiger partial charge < -0.3 is 14.8 Å². The fourth-order valence-corrected chi connectivity index (χ4v) is 3.09. The molecule has 0 aliphatic rings. The summed E-state index contributed by atoms with van der Waals surface area (Å²) in [4.78, 5) is 12.5. The van der Waals surface area contributed by atoms with Crippen molar-refractivity contribution in [1.82, 2.24) is 5.32 Å². The van der Waals surface area contributed by atoms with E-state index in [0.717, 1.165) is 17.6 Å². The van der Waals surface area contributed by atoms with Crippen molar-refractivity contribution in [2.75, 3.05) is 24.2 Å². The van der Waals surface area contributed by atoms with Crippen molar-refractivity contribution in [3.63, 3.8) is 0 Å². The summed E-state index contributed by atoms with van der Waals surface area (Å²) < 4.78 is 35.6. The molecule has 1 atom stereocenters. The SMILES string of the molecule is CCOc1ccc(CNC(=O)[C@H](CC)Oc2ccc(N(C)S(C)(=O)=O)cc2)cc1. The second-order valence-electron chi connectivity index (χ2n) is 6.53. The maximum Gasteiger partial charge on any atom is 0.261 e. The normalized spacial score (nSPS) is 12.1. The number of hydrogen-bond donors (Lipinski definition) is 1. The Balaban J connectivity index is 1.94. The molecule has 29 heavy (non-hydrogen) atoms. The zero-order chi connectivity index (χ0) is 21.4. The lowest BCUT2D eigenvalue weighted by molar-refractivity contribution is -0.128. The fourth-order valence-electron chi connectivity index (χ4n) is 2.59. The molecule has 1 amide bonds. The molecule has 158 valence electrons. The van der Waals surface area contributed by atoms with Crippen LogP contribution in [0, 0.1) is 0 Å². The van der Waals surface area contributed by atoms with Gasteiger partial charge in [0.15, 0.2) is 6.10 Å². The highest BCUT2D eigenvalue weighted by Crippen LogP contribution is 2.21. The lowest BCUT2D eigenvalue weighted by Gasteiger charge is -2.19. The summed E-state index contributed by atoms with van der Waals surface area (Å²) in [5, 5.41) is 2.88. The molecular weight excluding hydrogens is 392 g/mol. The molecular formula is C21H28N2O5S. The standard InChI is InChI=1S/C21H28N2O5S/c1-5-20(21(24)22-15-16-7-11-18(12-8-16)27-6-2)28-19-13-9-17(10-14-19)23(3)29(4,25)26/h7-14,20H,5-6,15H2,1-4H3,(H,22,24)/t20-/m0/s1. The molecule has 0 spiro atoms. The molecule has 7 nitrogen and oxygen atoms in total. The highest BCUT2D eigenvalue weighted by atomic mass is 32.2. The van der Waals surface area contributed by atoms with Gasteiger partial charge in [-0.2, -0.15) is 0 Å². The third-order valence-corrected chi connectivity index (χ3v) is 5.55. The minimum atomic E-state index is -3.33. The minimum Gasteiger partial charge on any atom is -0.494 e. The van der Waals surface area contributed by atoms with Gasteiger partial charge in [-0.1, -0.05) is 19.1 Å². The lowest BCUT2D eigenvalue weighted by atomic mass is 10.2. The average molecular weight is 421 g/mol. The lowest BCUT2D eigenvalue weighted by Crippen LogP contribution is -2.37. The Hall–Kier alpha value is -2.74. The molecule has 0 aliphatic carbocycles. The number of amides is 1. The Labute approximate surface area is 172 Å². The summed E-state index contributed by atoms with van der Waals surface area (Å²) in [5.74, 6) is 1.08. The first-order valence-electron chi connectivity index (χ1n) is 9.44. The molecule has 0 unspecified atom stereocenters. The summed E-state index contributed by atoms with van der Waals surface area (Å²) in [6, 6.07) is 14.1. The monoisotopic (exact) mass is 420 g/mol. The van der Waals surface area contributed by atoms with E-state index < -0.39 is 16.1 Å². The fraction of sp³-hybridized carbons (Fsp3) is 0.381. The van der Waals surface area contributed by atoms with Crippen LogP contribution in [0.1, 0.15) is 25.8 Å². The van der Waals surface area contributed by atoms with Crippen molar-refractivity contribution in [3.05, 3.63) is 54.1 Å². The molecule has 8 heteroatoms. The number of sulfonamides is 1. The van der Waals surface area contributed by atoms with Crippen LogP contribution >= 0.6 is 0 Å². The third-order valence-electron chi connectivity index (χ3n) is 4.34. The Kier molecular flexibility index (Phi) is 7.90. The van der Waals surface area contributed by atoms with Crippen molar-refractivity contribution >= 4 is 21.6 Å². The highest BCUT2D eigenvalue weighted by molar-refractivity contribution is 7.92. The molecule has 0 heterocycles. The number of rotatable bonds is 10. The Morgan fingerprint density at radius 2 is 1.62 bits per heavy atom. The van der Waals surface area contributed by atoms with Gasteiger partial charge in [0.2, 0.25) is 10.0 Å². The number of anilines is 1. The third kappa shape index (κ3) is 6.67. The van der Waals surface area contributed by atoms with Gasteiger partial charge in [0.05, 0.1) is 18.6 Å². The van der Waals surface area contributed by atoms with E-state index >= 15 is 0 Å². The van der Waals surface area contributed by atoms with Crippen LogP contribution in [0.15, 0.2) is 48.5 Å². The van der Waals surface area contributed by atoms with Gasteiger partial charge in [-0.15, -0.1) is 0 Å². The van der Waals surface area contributed by atoms with Crippen molar-refractivity contribution in [1.29, 1.82) is 0 Å². The van der Waals surface area contributed by atoms with E-state index in [2.05, 4.69) is 5.32 Å². The molecule has 0 bridgehead atoms. The van der Waals surface area contributed by atoms with Gasteiger partial charge in [0.25, 0.3) is 5.91 Å². The number of ether oxygens (including phenoxy) is 2. The summed E-state index contributed by atoms with van der Waals surface area (Å²) in [6.07, 6.45) is 0.996. The summed E-state index contributed by atoms with van der Waals surface area (Å²) in [7, 11) is -1.85. The predicted molar refractivity (Wildman–Crippen MR) is 114 cm³/mol. The van der Waals surface area contributed by atoms with E-state index in [-0.39, 0.29) is 5.91 Å². The van der Waals surface area contributed by atoms with Crippen LogP contribution in [0.5, 0.6) is 11.5 Å². The molecule has 0 aliphatic heterocycles.